The van der Waals surface area contributed by atoms with Gasteiger partial charge in [0.1, 0.15) is 23.0 Å². The number of ether oxygens (including phenoxy) is 3. The molecule has 0 saturated heterocycles. The molecule has 3 nitrogen and oxygen atoms in total. The summed E-state index contributed by atoms with van der Waals surface area (Å²) in [6, 6.07) is 34.1. The van der Waals surface area contributed by atoms with Gasteiger partial charge in [-0.25, -0.2) is 0 Å². The molecular formula is C40H40O3. The van der Waals surface area contributed by atoms with E-state index >= 15 is 0 Å². The van der Waals surface area contributed by atoms with E-state index in [1.54, 1.807) is 0 Å². The summed E-state index contributed by atoms with van der Waals surface area (Å²) in [5, 5.41) is 0. The SMILES string of the molecule is Cc1ccccc1C1c2ccc(OCCc3c(C)cccc3C)cc2Oc2cc(OCCc3c(C)cccc3C)ccc21. The van der Waals surface area contributed by atoms with Crippen molar-refractivity contribution in [2.45, 2.75) is 53.4 Å². The van der Waals surface area contributed by atoms with Crippen molar-refractivity contribution in [2.75, 3.05) is 13.2 Å². The van der Waals surface area contributed by atoms with Gasteiger partial charge in [0.15, 0.2) is 0 Å². The second kappa shape index (κ2) is 12.4. The number of hydrogen-bond acceptors (Lipinski definition) is 3. The minimum atomic E-state index is 0.0623. The van der Waals surface area contributed by atoms with Crippen LogP contribution in [0.1, 0.15) is 61.6 Å². The largest absolute Gasteiger partial charge is 0.493 e. The molecule has 6 rings (SSSR count). The van der Waals surface area contributed by atoms with Gasteiger partial charge in [-0.1, -0.05) is 72.8 Å². The number of hydrogen-bond donors (Lipinski definition) is 0. The van der Waals surface area contributed by atoms with Gasteiger partial charge in [-0.2, -0.15) is 0 Å². The van der Waals surface area contributed by atoms with Gasteiger partial charge in [0.25, 0.3) is 0 Å². The van der Waals surface area contributed by atoms with Crippen LogP contribution < -0.4 is 14.2 Å². The van der Waals surface area contributed by atoms with Crippen LogP contribution in [-0.2, 0) is 12.8 Å². The Kier molecular flexibility index (Phi) is 8.24. The Labute approximate surface area is 256 Å². The summed E-state index contributed by atoms with van der Waals surface area (Å²) < 4.78 is 19.1. The Bertz CT molecular complexity index is 1620. The van der Waals surface area contributed by atoms with Crippen LogP contribution in [-0.4, -0.2) is 13.2 Å². The van der Waals surface area contributed by atoms with Gasteiger partial charge >= 0.3 is 0 Å². The smallest absolute Gasteiger partial charge is 0.135 e. The molecule has 0 spiro atoms. The Morgan fingerprint density at radius 2 is 0.930 bits per heavy atom. The quantitative estimate of drug-likeness (QED) is 0.174. The predicted octanol–water partition coefficient (Wildman–Crippen LogP) is 9.76. The van der Waals surface area contributed by atoms with E-state index in [0.717, 1.165) is 47.0 Å². The van der Waals surface area contributed by atoms with Gasteiger partial charge in [-0.3, -0.25) is 0 Å². The molecule has 0 bridgehead atoms. The van der Waals surface area contributed by atoms with Crippen molar-refractivity contribution in [1.82, 2.24) is 0 Å². The van der Waals surface area contributed by atoms with Crippen molar-refractivity contribution in [3.05, 3.63) is 153 Å². The fourth-order valence-corrected chi connectivity index (χ4v) is 6.42. The monoisotopic (exact) mass is 568 g/mol. The molecule has 5 aromatic carbocycles. The van der Waals surface area contributed by atoms with Crippen molar-refractivity contribution in [3.63, 3.8) is 0 Å². The third-order valence-electron chi connectivity index (χ3n) is 8.84. The maximum Gasteiger partial charge on any atom is 0.135 e. The highest BCUT2D eigenvalue weighted by Gasteiger charge is 2.30. The molecule has 1 aliphatic rings. The molecule has 1 heterocycles. The normalized spacial score (nSPS) is 12.3. The van der Waals surface area contributed by atoms with Gasteiger partial charge in [0.2, 0.25) is 0 Å². The van der Waals surface area contributed by atoms with E-state index in [-0.39, 0.29) is 5.92 Å². The molecule has 0 atom stereocenters. The molecule has 0 aromatic heterocycles. The summed E-state index contributed by atoms with van der Waals surface area (Å²) >= 11 is 0. The van der Waals surface area contributed by atoms with Crippen LogP contribution in [0.4, 0.5) is 0 Å². The molecule has 0 aliphatic carbocycles. The minimum absolute atomic E-state index is 0.0623. The van der Waals surface area contributed by atoms with Crippen LogP contribution in [0.25, 0.3) is 0 Å². The van der Waals surface area contributed by atoms with E-state index in [1.165, 1.54) is 44.5 Å². The van der Waals surface area contributed by atoms with Crippen molar-refractivity contribution < 1.29 is 14.2 Å². The molecule has 0 N–H and O–H groups in total. The Morgan fingerprint density at radius 3 is 1.40 bits per heavy atom. The zero-order valence-electron chi connectivity index (χ0n) is 25.9. The summed E-state index contributed by atoms with van der Waals surface area (Å²) in [6.45, 7) is 12.1. The Balaban J connectivity index is 1.25. The molecule has 0 saturated carbocycles. The fraction of sp³-hybridized carbons (Fsp3) is 0.250. The summed E-state index contributed by atoms with van der Waals surface area (Å²) in [5.74, 6) is 3.36. The Morgan fingerprint density at radius 1 is 0.488 bits per heavy atom. The van der Waals surface area contributed by atoms with Crippen LogP contribution in [0.5, 0.6) is 23.0 Å². The zero-order valence-corrected chi connectivity index (χ0v) is 25.9. The highest BCUT2D eigenvalue weighted by atomic mass is 16.5. The lowest BCUT2D eigenvalue weighted by molar-refractivity contribution is 0.316. The van der Waals surface area contributed by atoms with Crippen LogP contribution in [0, 0.1) is 34.6 Å². The molecule has 0 fully saturated rings. The molecule has 3 heteroatoms. The van der Waals surface area contributed by atoms with E-state index in [1.807, 2.05) is 12.1 Å². The summed E-state index contributed by atoms with van der Waals surface area (Å²) in [7, 11) is 0. The van der Waals surface area contributed by atoms with Crippen LogP contribution in [0.2, 0.25) is 0 Å². The minimum Gasteiger partial charge on any atom is -0.493 e. The molecule has 0 unspecified atom stereocenters. The number of fused-ring (bicyclic) bond motifs is 2. The lowest BCUT2D eigenvalue weighted by atomic mass is 9.81. The van der Waals surface area contributed by atoms with Crippen molar-refractivity contribution in [2.24, 2.45) is 0 Å². The fourth-order valence-electron chi connectivity index (χ4n) is 6.42. The Hall–Kier alpha value is -4.50. The molecule has 43 heavy (non-hydrogen) atoms. The first-order valence-corrected chi connectivity index (χ1v) is 15.3. The maximum absolute atomic E-state index is 6.60. The third kappa shape index (κ3) is 6.03. The van der Waals surface area contributed by atoms with Gasteiger partial charge in [0, 0.05) is 42.0 Å². The molecule has 1 aliphatic heterocycles. The number of benzene rings is 5. The molecule has 218 valence electrons. The lowest BCUT2D eigenvalue weighted by Gasteiger charge is -2.30. The average Bonchev–Trinajstić information content (AvgIpc) is 2.99. The van der Waals surface area contributed by atoms with E-state index in [0.29, 0.717) is 13.2 Å². The first-order valence-electron chi connectivity index (χ1n) is 15.3. The van der Waals surface area contributed by atoms with E-state index in [2.05, 4.69) is 120 Å². The second-order valence-electron chi connectivity index (χ2n) is 11.7. The maximum atomic E-state index is 6.60. The summed E-state index contributed by atoms with van der Waals surface area (Å²) in [4.78, 5) is 0. The zero-order chi connectivity index (χ0) is 29.9. The van der Waals surface area contributed by atoms with Gasteiger partial charge in [0.05, 0.1) is 13.2 Å². The van der Waals surface area contributed by atoms with E-state index < -0.39 is 0 Å². The van der Waals surface area contributed by atoms with Gasteiger partial charge in [-0.05, 0) is 91.3 Å². The molecular weight excluding hydrogens is 528 g/mol. The average molecular weight is 569 g/mol. The number of aryl methyl sites for hydroxylation is 5. The molecule has 0 radical (unpaired) electrons. The number of rotatable bonds is 9. The first kappa shape index (κ1) is 28.6. The molecule has 0 amide bonds. The summed E-state index contributed by atoms with van der Waals surface area (Å²) in [5.41, 5.74) is 12.8. The third-order valence-corrected chi connectivity index (χ3v) is 8.84. The van der Waals surface area contributed by atoms with Crippen LogP contribution in [0.3, 0.4) is 0 Å². The lowest BCUT2D eigenvalue weighted by Crippen LogP contribution is -2.13. The highest BCUT2D eigenvalue weighted by Crippen LogP contribution is 2.49. The second-order valence-corrected chi connectivity index (χ2v) is 11.7. The first-order chi connectivity index (χ1) is 20.9. The standard InChI is InChI=1S/C40H40O3/c1-26-11-8-12-27(2)33(26)20-22-41-31-16-18-36-38(24-31)43-39-25-32(42-23-21-34-28(3)13-9-14-29(34)4)17-19-37(39)40(36)35-15-7-6-10-30(35)5/h6-19,24-25,40H,20-23H2,1-5H3. The summed E-state index contributed by atoms with van der Waals surface area (Å²) in [6.07, 6.45) is 1.74. The van der Waals surface area contributed by atoms with E-state index in [9.17, 15) is 0 Å². The topological polar surface area (TPSA) is 27.7 Å². The van der Waals surface area contributed by atoms with Crippen molar-refractivity contribution >= 4 is 0 Å². The van der Waals surface area contributed by atoms with Crippen LogP contribution in [0.15, 0.2) is 97.1 Å². The van der Waals surface area contributed by atoms with E-state index in [4.69, 9.17) is 14.2 Å². The van der Waals surface area contributed by atoms with Gasteiger partial charge in [-0.15, -0.1) is 0 Å². The molecule has 5 aromatic rings. The predicted molar refractivity (Wildman–Crippen MR) is 175 cm³/mol. The van der Waals surface area contributed by atoms with Crippen molar-refractivity contribution in [1.29, 1.82) is 0 Å². The highest BCUT2D eigenvalue weighted by molar-refractivity contribution is 5.61. The van der Waals surface area contributed by atoms with Crippen molar-refractivity contribution in [3.8, 4) is 23.0 Å². The van der Waals surface area contributed by atoms with Gasteiger partial charge < -0.3 is 14.2 Å². The van der Waals surface area contributed by atoms with Crippen LogP contribution >= 0.6 is 0 Å².